The highest BCUT2D eigenvalue weighted by Crippen LogP contribution is 2.20. The maximum Gasteiger partial charge on any atom is 0.327 e. The van der Waals surface area contributed by atoms with Gasteiger partial charge in [-0.1, -0.05) is 62.4 Å². The first-order valence-electron chi connectivity index (χ1n) is 25.5. The summed E-state index contributed by atoms with van der Waals surface area (Å²) in [4.78, 5) is 150. The number of carbonyl (C=O) groups is 11. The van der Waals surface area contributed by atoms with Crippen LogP contribution in [0.3, 0.4) is 0 Å². The fraction of sp³-hybridized carbons (Fsp3) is 0.510. The van der Waals surface area contributed by atoms with Crippen LogP contribution < -0.4 is 65.1 Å². The number of unbranched alkanes of at least 4 members (excludes halogenated alkanes) is 1. The highest BCUT2D eigenvalue weighted by atomic mass is 32.2. The number of hydrogen-bond acceptors (Lipinski definition) is 16. The van der Waals surface area contributed by atoms with Crippen LogP contribution in [0.4, 0.5) is 0 Å². The molecule has 3 aromatic rings. The third kappa shape index (κ3) is 22.1. The van der Waals surface area contributed by atoms with Gasteiger partial charge < -0.3 is 75.1 Å². The molecule has 0 fully saturated rings. The van der Waals surface area contributed by atoms with Gasteiger partial charge in [-0.05, 0) is 74.3 Å². The van der Waals surface area contributed by atoms with Gasteiger partial charge >= 0.3 is 5.97 Å². The fourth-order valence-electron chi connectivity index (χ4n) is 7.91. The molecule has 0 unspecified atom stereocenters. The molecule has 434 valence electrons. The van der Waals surface area contributed by atoms with E-state index in [-0.39, 0.29) is 49.5 Å². The van der Waals surface area contributed by atoms with Gasteiger partial charge in [0.15, 0.2) is 0 Å². The molecule has 0 saturated carbocycles. The molecule has 10 amide bonds. The van der Waals surface area contributed by atoms with Crippen LogP contribution in [0.25, 0.3) is 10.9 Å². The van der Waals surface area contributed by atoms with Crippen molar-refractivity contribution in [3.8, 4) is 0 Å². The number of thioether (sulfide) groups is 1. The van der Waals surface area contributed by atoms with Crippen molar-refractivity contribution in [2.45, 2.75) is 120 Å². The van der Waals surface area contributed by atoms with Gasteiger partial charge in [0.2, 0.25) is 59.1 Å². The Morgan fingerprint density at radius 3 is 1.67 bits per heavy atom. The highest BCUT2D eigenvalue weighted by Gasteiger charge is 2.36. The van der Waals surface area contributed by atoms with E-state index in [9.17, 15) is 57.8 Å². The van der Waals surface area contributed by atoms with E-state index in [2.05, 4.69) is 78.1 Å². The summed E-state index contributed by atoms with van der Waals surface area (Å²) in [5, 5.41) is 33.0. The second-order valence-electron chi connectivity index (χ2n) is 18.8. The molecule has 2 aromatic carbocycles. The van der Waals surface area contributed by atoms with Crippen molar-refractivity contribution in [2.24, 2.45) is 23.1 Å². The minimum absolute atomic E-state index is 0.0267. The van der Waals surface area contributed by atoms with E-state index in [1.807, 2.05) is 6.07 Å². The van der Waals surface area contributed by atoms with Gasteiger partial charge in [0.05, 0.1) is 13.0 Å². The van der Waals surface area contributed by atoms with Gasteiger partial charge in [-0.25, -0.2) is 4.79 Å². The number of H-pyrrole nitrogens is 1. The van der Waals surface area contributed by atoms with Crippen molar-refractivity contribution >= 4 is 113 Å². The molecule has 0 saturated heterocycles. The number of thiol groups is 2. The zero-order chi connectivity index (χ0) is 58.8. The standard InChI is InChI=1S/C51H75N13O12S3/c1-27(2)42(50(74)56-28(3)43(67)63-39(26-78)51(75)76)64-48(72)37(22-40(54)65)61-45(69)34(17-19-79-4)59-47(71)36(21-30-24-55-32-15-9-8-14-31(30)32)60-44(68)33(16-10-11-18-52)58-49(73)38(25-77)62-46(70)35(57-41(66)23-53)20-29-12-6-5-7-13-29/h5-9,12-15,24,27-28,33-39,42,55,77-78H,10-11,16-23,25-26,52-53H2,1-4H3,(H2,54,65)(H,56,74)(H,57,66)(H,58,73)(H,59,71)(H,60,68)(H,61,69)(H,62,70)(H,63,67)(H,64,72)(H,75,76)/t28-,33-,34-,35-,36-,37-,38-,39-,42-/m0/s1. The number of fused-ring (bicyclic) bond motifs is 1. The third-order valence-corrected chi connectivity index (χ3v) is 13.7. The smallest absolute Gasteiger partial charge is 0.327 e. The number of primary amides is 1. The van der Waals surface area contributed by atoms with Gasteiger partial charge in [0, 0.05) is 41.4 Å². The number of rotatable bonds is 35. The lowest BCUT2D eigenvalue weighted by Gasteiger charge is -2.28. The van der Waals surface area contributed by atoms with E-state index in [0.717, 1.165) is 5.52 Å². The first-order valence-corrected chi connectivity index (χ1v) is 28.2. The van der Waals surface area contributed by atoms with Crippen LogP contribution in [0.1, 0.15) is 64.0 Å². The number of aromatic amines is 1. The Hall–Kier alpha value is -6.88. The van der Waals surface area contributed by atoms with Crippen LogP contribution in [0.5, 0.6) is 0 Å². The average Bonchev–Trinajstić information content (AvgIpc) is 3.85. The first-order chi connectivity index (χ1) is 37.6. The molecule has 1 heterocycles. The Kier molecular flexibility index (Phi) is 28.7. The maximum atomic E-state index is 14.7. The number of nitrogens with one attached hydrogen (secondary N) is 10. The minimum atomic E-state index is -1.69. The molecule has 17 N–H and O–H groups in total. The van der Waals surface area contributed by atoms with Crippen molar-refractivity contribution in [1.82, 2.24) is 52.8 Å². The largest absolute Gasteiger partial charge is 0.480 e. The summed E-state index contributed by atoms with van der Waals surface area (Å²) < 4.78 is 0. The molecule has 0 aliphatic rings. The van der Waals surface area contributed by atoms with Crippen LogP contribution >= 0.6 is 37.0 Å². The Bertz CT molecular complexity index is 2580. The number of nitrogens with two attached hydrogens (primary N) is 3. The predicted molar refractivity (Wildman–Crippen MR) is 304 cm³/mol. The Morgan fingerprint density at radius 1 is 0.582 bits per heavy atom. The normalized spacial score (nSPS) is 14.5. The van der Waals surface area contributed by atoms with Crippen molar-refractivity contribution < 1.29 is 57.8 Å². The topological polar surface area (TPSA) is 410 Å². The lowest BCUT2D eigenvalue weighted by molar-refractivity contribution is -0.141. The molecule has 9 atom stereocenters. The summed E-state index contributed by atoms with van der Waals surface area (Å²) in [6, 6.07) is 3.76. The third-order valence-electron chi connectivity index (χ3n) is 12.3. The minimum Gasteiger partial charge on any atom is -0.480 e. The first kappa shape index (κ1) is 66.4. The molecule has 1 aromatic heterocycles. The number of aliphatic carboxylic acids is 1. The number of carbonyl (C=O) groups excluding carboxylic acids is 10. The summed E-state index contributed by atoms with van der Waals surface area (Å²) in [6.07, 6.45) is 3.37. The van der Waals surface area contributed by atoms with E-state index >= 15 is 0 Å². The van der Waals surface area contributed by atoms with E-state index in [1.165, 1.54) is 18.7 Å². The van der Waals surface area contributed by atoms with E-state index in [0.29, 0.717) is 29.4 Å². The van der Waals surface area contributed by atoms with Gasteiger partial charge in [0.25, 0.3) is 0 Å². The molecule has 0 radical (unpaired) electrons. The molecule has 79 heavy (non-hydrogen) atoms. The number of amides is 10. The van der Waals surface area contributed by atoms with Crippen molar-refractivity contribution in [3.05, 3.63) is 71.9 Å². The summed E-state index contributed by atoms with van der Waals surface area (Å²) in [6.45, 7) is 4.29. The molecule has 25 nitrogen and oxygen atoms in total. The van der Waals surface area contributed by atoms with Gasteiger partial charge in [-0.15, -0.1) is 0 Å². The number of aromatic nitrogens is 1. The van der Waals surface area contributed by atoms with Crippen molar-refractivity contribution in [3.63, 3.8) is 0 Å². The number of benzene rings is 2. The van der Waals surface area contributed by atoms with Crippen LogP contribution in [-0.2, 0) is 65.6 Å². The van der Waals surface area contributed by atoms with Gasteiger partial charge in [-0.2, -0.15) is 37.0 Å². The number of para-hydroxylation sites is 1. The average molecular weight is 1160 g/mol. The SMILES string of the molecule is CSCC[C@H](NC(=O)[C@H](Cc1c[nH]c2ccccc12)NC(=O)[C@H](CCCCN)NC(=O)[C@H](CS)NC(=O)[C@H](Cc1ccccc1)NC(=O)CN)C(=O)N[C@@H](CC(N)=O)C(=O)N[C@H](C(=O)N[C@@H](C)C(=O)N[C@@H](CS)C(=O)O)C(C)C. The molecule has 3 rings (SSSR count). The summed E-state index contributed by atoms with van der Waals surface area (Å²) in [5.41, 5.74) is 18.9. The molecular weight excluding hydrogens is 1080 g/mol. The molecule has 0 spiro atoms. The lowest BCUT2D eigenvalue weighted by Crippen LogP contribution is -2.61. The second kappa shape index (κ2) is 34.2. The zero-order valence-corrected chi connectivity index (χ0v) is 47.1. The van der Waals surface area contributed by atoms with Crippen LogP contribution in [-0.4, -0.2) is 166 Å². The molecular formula is C51H75N13O12S3. The Morgan fingerprint density at radius 2 is 1.10 bits per heavy atom. The van der Waals surface area contributed by atoms with E-state index in [4.69, 9.17) is 17.2 Å². The Labute approximate surface area is 473 Å². The monoisotopic (exact) mass is 1160 g/mol. The van der Waals surface area contributed by atoms with Gasteiger partial charge in [-0.3, -0.25) is 47.9 Å². The molecule has 0 aliphatic heterocycles. The van der Waals surface area contributed by atoms with E-state index in [1.54, 1.807) is 74.8 Å². The number of hydrogen-bond donors (Lipinski definition) is 16. The highest BCUT2D eigenvalue weighted by molar-refractivity contribution is 7.98. The Balaban J connectivity index is 1.93. The summed E-state index contributed by atoms with van der Waals surface area (Å²) in [7, 11) is 0. The molecule has 0 bridgehead atoms. The maximum absolute atomic E-state index is 14.7. The lowest BCUT2D eigenvalue weighted by atomic mass is 10.0. The summed E-state index contributed by atoms with van der Waals surface area (Å²) in [5.74, 6) is -10.6. The quantitative estimate of drug-likeness (QED) is 0.0217. The number of carboxylic acids is 1. The van der Waals surface area contributed by atoms with Crippen LogP contribution in [0.15, 0.2) is 60.8 Å². The predicted octanol–water partition coefficient (Wildman–Crippen LogP) is -2.35. The summed E-state index contributed by atoms with van der Waals surface area (Å²) >= 11 is 9.56. The van der Waals surface area contributed by atoms with Crippen LogP contribution in [0.2, 0.25) is 0 Å². The van der Waals surface area contributed by atoms with Gasteiger partial charge in [0.1, 0.15) is 54.4 Å². The van der Waals surface area contributed by atoms with E-state index < -0.39 is 138 Å². The molecule has 28 heteroatoms. The number of carboxylic acid groups (broad SMARTS) is 1. The second-order valence-corrected chi connectivity index (χ2v) is 20.6. The molecule has 0 aliphatic carbocycles. The van der Waals surface area contributed by atoms with Crippen molar-refractivity contribution in [1.29, 1.82) is 0 Å². The van der Waals surface area contributed by atoms with Crippen molar-refractivity contribution in [2.75, 3.05) is 36.6 Å². The zero-order valence-electron chi connectivity index (χ0n) is 44.5. The fourth-order valence-corrected chi connectivity index (χ4v) is 8.89. The van der Waals surface area contributed by atoms with Crippen LogP contribution in [0, 0.1) is 5.92 Å².